The van der Waals surface area contributed by atoms with Gasteiger partial charge in [-0.15, -0.1) is 0 Å². The Morgan fingerprint density at radius 2 is 1.58 bits per heavy atom. The predicted molar refractivity (Wildman–Crippen MR) is 112 cm³/mol. The topological polar surface area (TPSA) is 83.6 Å². The Labute approximate surface area is 155 Å². The lowest BCUT2D eigenvalue weighted by Gasteiger charge is -2.15. The van der Waals surface area contributed by atoms with E-state index in [0.717, 1.165) is 10.9 Å². The SMILES string of the molecule is C[Si](C)(C)c1nc(NC(=O)c2ccccc2)c2[nH]c([Si](C)(C)C)nc2n1. The van der Waals surface area contributed by atoms with E-state index in [2.05, 4.69) is 49.6 Å². The second kappa shape index (κ2) is 6.44. The summed E-state index contributed by atoms with van der Waals surface area (Å²) in [6, 6.07) is 9.15. The number of anilines is 1. The zero-order chi connectivity index (χ0) is 19.1. The standard InChI is InChI=1S/C18H25N5OSi2/c1-25(2,3)17-19-13-14(20-16(24)12-10-8-7-9-11-12)21-18(26(4,5)6)23-15(13)22-17/h7-11H,1-6H3,(H2,19,20,21,22,23,24). The molecule has 0 radical (unpaired) electrons. The van der Waals surface area contributed by atoms with Crippen molar-refractivity contribution in [2.24, 2.45) is 0 Å². The number of aromatic nitrogens is 4. The molecule has 0 aliphatic rings. The number of carbonyl (C=O) groups is 1. The van der Waals surface area contributed by atoms with Gasteiger partial charge in [-0.2, -0.15) is 0 Å². The van der Waals surface area contributed by atoms with Crippen LogP contribution in [0.15, 0.2) is 30.3 Å². The van der Waals surface area contributed by atoms with Crippen molar-refractivity contribution in [3.63, 3.8) is 0 Å². The Kier molecular flexibility index (Phi) is 4.57. The fourth-order valence-electron chi connectivity index (χ4n) is 2.45. The van der Waals surface area contributed by atoms with E-state index in [1.807, 2.05) is 18.2 Å². The quantitative estimate of drug-likeness (QED) is 0.679. The molecule has 136 valence electrons. The van der Waals surface area contributed by atoms with E-state index in [4.69, 9.17) is 15.0 Å². The van der Waals surface area contributed by atoms with Crippen LogP contribution in [0, 0.1) is 0 Å². The zero-order valence-corrected chi connectivity index (χ0v) is 18.1. The van der Waals surface area contributed by atoms with Gasteiger partial charge < -0.3 is 10.3 Å². The molecule has 0 saturated heterocycles. The summed E-state index contributed by atoms with van der Waals surface area (Å²) in [6.07, 6.45) is 0. The van der Waals surface area contributed by atoms with Gasteiger partial charge in [0.05, 0.1) is 5.45 Å². The fourth-order valence-corrected chi connectivity index (χ4v) is 4.28. The monoisotopic (exact) mass is 383 g/mol. The van der Waals surface area contributed by atoms with E-state index in [0.29, 0.717) is 22.5 Å². The molecule has 0 bridgehead atoms. The maximum atomic E-state index is 12.6. The van der Waals surface area contributed by atoms with E-state index < -0.39 is 16.1 Å². The molecule has 6 nitrogen and oxygen atoms in total. The first-order valence-electron chi connectivity index (χ1n) is 8.71. The number of amides is 1. The highest BCUT2D eigenvalue weighted by Gasteiger charge is 2.27. The Morgan fingerprint density at radius 1 is 0.923 bits per heavy atom. The van der Waals surface area contributed by atoms with Gasteiger partial charge in [0, 0.05) is 5.56 Å². The Balaban J connectivity index is 2.12. The number of nitrogens with one attached hydrogen (secondary N) is 2. The van der Waals surface area contributed by atoms with E-state index in [9.17, 15) is 4.79 Å². The number of hydrogen-bond acceptors (Lipinski definition) is 4. The lowest BCUT2D eigenvalue weighted by molar-refractivity contribution is 0.102. The van der Waals surface area contributed by atoms with Gasteiger partial charge in [-0.3, -0.25) is 4.79 Å². The van der Waals surface area contributed by atoms with Crippen LogP contribution in [0.1, 0.15) is 10.4 Å². The fraction of sp³-hybridized carbons (Fsp3) is 0.333. The van der Waals surface area contributed by atoms with Crippen molar-refractivity contribution in [1.82, 2.24) is 19.9 Å². The average molecular weight is 384 g/mol. The van der Waals surface area contributed by atoms with Crippen molar-refractivity contribution in [1.29, 1.82) is 0 Å². The number of rotatable bonds is 4. The number of nitrogens with zero attached hydrogens (tertiary/aromatic N) is 3. The van der Waals surface area contributed by atoms with Crippen LogP contribution in [0.4, 0.5) is 5.82 Å². The van der Waals surface area contributed by atoms with Crippen molar-refractivity contribution in [3.8, 4) is 0 Å². The van der Waals surface area contributed by atoms with Gasteiger partial charge in [0.25, 0.3) is 5.91 Å². The molecule has 0 spiro atoms. The summed E-state index contributed by atoms with van der Waals surface area (Å²) in [5, 5.41) is 2.95. The lowest BCUT2D eigenvalue weighted by Crippen LogP contribution is -2.43. The molecule has 2 N–H and O–H groups in total. The maximum absolute atomic E-state index is 12.6. The first-order chi connectivity index (χ1) is 12.1. The summed E-state index contributed by atoms with van der Waals surface area (Å²) in [6.45, 7) is 13.2. The highest BCUT2D eigenvalue weighted by atomic mass is 28.3. The molecule has 2 aromatic heterocycles. The summed E-state index contributed by atoms with van der Waals surface area (Å²) >= 11 is 0. The van der Waals surface area contributed by atoms with Gasteiger partial charge in [-0.1, -0.05) is 57.5 Å². The van der Waals surface area contributed by atoms with Crippen LogP contribution in [0.5, 0.6) is 0 Å². The number of benzene rings is 1. The molecule has 1 aromatic carbocycles. The van der Waals surface area contributed by atoms with Gasteiger partial charge in [-0.05, 0) is 12.1 Å². The number of carbonyl (C=O) groups excluding carboxylic acids is 1. The molecular weight excluding hydrogens is 358 g/mol. The molecule has 0 aliphatic carbocycles. The average Bonchev–Trinajstić information content (AvgIpc) is 2.99. The van der Waals surface area contributed by atoms with Crippen molar-refractivity contribution in [2.45, 2.75) is 39.3 Å². The summed E-state index contributed by atoms with van der Waals surface area (Å²) < 4.78 is 0. The molecule has 8 heteroatoms. The largest absolute Gasteiger partial charge is 0.342 e. The first kappa shape index (κ1) is 18.5. The molecule has 0 fully saturated rings. The van der Waals surface area contributed by atoms with Crippen molar-refractivity contribution >= 4 is 49.9 Å². The number of imidazole rings is 1. The smallest absolute Gasteiger partial charge is 0.256 e. The van der Waals surface area contributed by atoms with E-state index in [1.54, 1.807) is 12.1 Å². The first-order valence-corrected chi connectivity index (χ1v) is 15.7. The molecule has 0 aliphatic heterocycles. The van der Waals surface area contributed by atoms with Gasteiger partial charge in [-0.25, -0.2) is 15.0 Å². The maximum Gasteiger partial charge on any atom is 0.256 e. The normalized spacial score (nSPS) is 12.4. The van der Waals surface area contributed by atoms with Gasteiger partial charge >= 0.3 is 0 Å². The van der Waals surface area contributed by atoms with Crippen molar-refractivity contribution < 1.29 is 4.79 Å². The van der Waals surface area contributed by atoms with Crippen LogP contribution in [0.3, 0.4) is 0 Å². The second-order valence-electron chi connectivity index (χ2n) is 8.50. The zero-order valence-electron chi connectivity index (χ0n) is 16.1. The number of H-pyrrole nitrogens is 1. The number of aromatic amines is 1. The minimum Gasteiger partial charge on any atom is -0.342 e. The van der Waals surface area contributed by atoms with Crippen LogP contribution in [-0.2, 0) is 0 Å². The second-order valence-corrected chi connectivity index (χ2v) is 18.4. The molecule has 3 aromatic rings. The molecule has 0 saturated carbocycles. The molecule has 1 amide bonds. The molecule has 26 heavy (non-hydrogen) atoms. The van der Waals surface area contributed by atoms with E-state index >= 15 is 0 Å². The van der Waals surface area contributed by atoms with E-state index in [1.165, 1.54) is 0 Å². The molecule has 0 unspecified atom stereocenters. The summed E-state index contributed by atoms with van der Waals surface area (Å²) in [7, 11) is -3.41. The lowest BCUT2D eigenvalue weighted by atomic mass is 10.2. The van der Waals surface area contributed by atoms with Gasteiger partial charge in [0.15, 0.2) is 11.5 Å². The van der Waals surface area contributed by atoms with Crippen LogP contribution in [0.25, 0.3) is 11.2 Å². The van der Waals surface area contributed by atoms with Gasteiger partial charge in [0.1, 0.15) is 27.1 Å². The van der Waals surface area contributed by atoms with Crippen LogP contribution >= 0.6 is 0 Å². The Morgan fingerprint density at radius 3 is 2.15 bits per heavy atom. The van der Waals surface area contributed by atoms with Crippen molar-refractivity contribution in [3.05, 3.63) is 35.9 Å². The summed E-state index contributed by atoms with van der Waals surface area (Å²) in [4.78, 5) is 30.1. The summed E-state index contributed by atoms with van der Waals surface area (Å²) in [5.74, 6) is 0.328. The van der Waals surface area contributed by atoms with E-state index in [-0.39, 0.29) is 5.91 Å². The minimum absolute atomic E-state index is 0.184. The third kappa shape index (κ3) is 3.75. The molecule has 0 atom stereocenters. The Hall–Kier alpha value is -2.33. The minimum atomic E-state index is -1.76. The van der Waals surface area contributed by atoms with Crippen molar-refractivity contribution in [2.75, 3.05) is 5.32 Å². The number of hydrogen-bond donors (Lipinski definition) is 2. The third-order valence-electron chi connectivity index (χ3n) is 4.00. The van der Waals surface area contributed by atoms with Gasteiger partial charge in [0.2, 0.25) is 0 Å². The predicted octanol–water partition coefficient (Wildman–Crippen LogP) is 2.70. The van der Waals surface area contributed by atoms with Crippen LogP contribution in [0.2, 0.25) is 39.3 Å². The molecular formula is C18H25N5OSi2. The molecule has 2 heterocycles. The summed E-state index contributed by atoms with van der Waals surface area (Å²) in [5.41, 5.74) is 3.69. The number of fused-ring (bicyclic) bond motifs is 1. The van der Waals surface area contributed by atoms with Crippen LogP contribution < -0.4 is 16.2 Å². The van der Waals surface area contributed by atoms with Crippen LogP contribution in [-0.4, -0.2) is 42.0 Å². The third-order valence-corrected chi connectivity index (χ3v) is 7.22. The highest BCUT2D eigenvalue weighted by Crippen LogP contribution is 2.17. The highest BCUT2D eigenvalue weighted by molar-refractivity contribution is 6.88. The molecule has 3 rings (SSSR count). The Bertz CT molecular complexity index is 955.